The molecule has 0 aromatic carbocycles. The van der Waals surface area contributed by atoms with Crippen molar-refractivity contribution in [1.82, 2.24) is 0 Å². The summed E-state index contributed by atoms with van der Waals surface area (Å²) in [5.74, 6) is -0.221. The van der Waals surface area contributed by atoms with Crippen LogP contribution in [0.5, 0.6) is 0 Å². The number of esters is 1. The molecule has 0 aliphatic rings. The highest BCUT2D eigenvalue weighted by atomic mass is 28.2. The summed E-state index contributed by atoms with van der Waals surface area (Å²) in [5.41, 5.74) is 2.51. The van der Waals surface area contributed by atoms with Gasteiger partial charge in [-0.1, -0.05) is 12.6 Å². The third-order valence-corrected chi connectivity index (χ3v) is 2.43. The van der Waals surface area contributed by atoms with E-state index in [0.717, 1.165) is 6.42 Å². The number of hydrogen-bond acceptors (Lipinski definition) is 3. The molecule has 0 amide bonds. The molecule has 0 saturated carbocycles. The summed E-state index contributed by atoms with van der Waals surface area (Å²) < 4.78 is 9.83. The third kappa shape index (κ3) is 5.09. The van der Waals surface area contributed by atoms with Crippen molar-refractivity contribution < 1.29 is 14.0 Å². The molecule has 0 aliphatic carbocycles. The van der Waals surface area contributed by atoms with Crippen LogP contribution in [0.4, 0.5) is 0 Å². The van der Waals surface area contributed by atoms with Gasteiger partial charge in [0.1, 0.15) is 0 Å². The molecule has 0 unspecified atom stereocenters. The highest BCUT2D eigenvalue weighted by molar-refractivity contribution is 6.35. The Bertz CT molecular complexity index is 166. The van der Waals surface area contributed by atoms with E-state index in [2.05, 4.69) is 0 Å². The molecular formula is C8H16O3Si. The lowest BCUT2D eigenvalue weighted by atomic mass is 10.4. The fraction of sp³-hybridized carbons (Fsp3) is 0.625. The second-order valence-corrected chi connectivity index (χ2v) is 3.80. The van der Waals surface area contributed by atoms with E-state index in [4.69, 9.17) is 9.16 Å². The van der Waals surface area contributed by atoms with Crippen LogP contribution in [0.3, 0.4) is 0 Å². The van der Waals surface area contributed by atoms with Gasteiger partial charge in [-0.25, -0.2) is 4.79 Å². The van der Waals surface area contributed by atoms with Gasteiger partial charge in [0.05, 0.1) is 6.61 Å². The first-order valence-corrected chi connectivity index (χ1v) is 5.44. The summed E-state index contributed by atoms with van der Waals surface area (Å²) in [5, 5.41) is 0. The molecule has 0 rings (SSSR count). The van der Waals surface area contributed by atoms with Crippen molar-refractivity contribution in [3.8, 4) is 0 Å². The summed E-state index contributed by atoms with van der Waals surface area (Å²) in [6, 6.07) is 0. The van der Waals surface area contributed by atoms with Crippen LogP contribution in [0.15, 0.2) is 11.3 Å². The van der Waals surface area contributed by atoms with E-state index in [-0.39, 0.29) is 5.97 Å². The Balaban J connectivity index is 3.75. The molecule has 0 atom stereocenters. The predicted molar refractivity (Wildman–Crippen MR) is 50.6 cm³/mol. The van der Waals surface area contributed by atoms with Crippen molar-refractivity contribution in [2.45, 2.75) is 20.3 Å². The third-order valence-electron chi connectivity index (χ3n) is 1.32. The standard InChI is InChI=1S/C8H16O3Si/c1-4-5-11-8(9)7(2)6-12-10-3/h6H,4-5,12H2,1-3H3. The minimum absolute atomic E-state index is 0.221. The molecule has 0 radical (unpaired) electrons. The molecule has 0 aliphatic heterocycles. The van der Waals surface area contributed by atoms with Gasteiger partial charge in [0.25, 0.3) is 0 Å². The monoisotopic (exact) mass is 188 g/mol. The largest absolute Gasteiger partial charge is 0.462 e. The molecule has 0 heterocycles. The Hall–Kier alpha value is -0.613. The molecule has 4 heteroatoms. The summed E-state index contributed by atoms with van der Waals surface area (Å²) in [4.78, 5) is 11.1. The normalized spacial score (nSPS) is 12.4. The van der Waals surface area contributed by atoms with E-state index < -0.39 is 9.76 Å². The number of carbonyl (C=O) groups excluding carboxylic acids is 1. The second-order valence-electron chi connectivity index (χ2n) is 2.48. The molecule has 12 heavy (non-hydrogen) atoms. The second kappa shape index (κ2) is 7.06. The zero-order valence-corrected chi connectivity index (χ0v) is 9.34. The zero-order chi connectivity index (χ0) is 9.40. The molecule has 0 aromatic heterocycles. The van der Waals surface area contributed by atoms with Gasteiger partial charge in [0.2, 0.25) is 0 Å². The van der Waals surface area contributed by atoms with Crippen molar-refractivity contribution in [2.24, 2.45) is 0 Å². The van der Waals surface area contributed by atoms with E-state index in [0.29, 0.717) is 12.2 Å². The van der Waals surface area contributed by atoms with Crippen LogP contribution in [-0.4, -0.2) is 29.4 Å². The number of carbonyl (C=O) groups is 1. The molecule has 3 nitrogen and oxygen atoms in total. The van der Waals surface area contributed by atoms with Gasteiger partial charge in [-0.15, -0.1) is 0 Å². The van der Waals surface area contributed by atoms with E-state index >= 15 is 0 Å². The highest BCUT2D eigenvalue weighted by Gasteiger charge is 2.03. The molecule has 70 valence electrons. The number of rotatable bonds is 5. The molecule has 0 aromatic rings. The van der Waals surface area contributed by atoms with Crippen LogP contribution in [0.1, 0.15) is 20.3 Å². The molecular weight excluding hydrogens is 172 g/mol. The quantitative estimate of drug-likeness (QED) is 0.359. The summed E-state index contributed by atoms with van der Waals surface area (Å²) in [6.07, 6.45) is 0.862. The number of hydrogen-bond donors (Lipinski definition) is 0. The zero-order valence-electron chi connectivity index (χ0n) is 7.92. The topological polar surface area (TPSA) is 35.5 Å². The Morgan fingerprint density at radius 1 is 1.58 bits per heavy atom. The van der Waals surface area contributed by atoms with Crippen LogP contribution in [0.2, 0.25) is 0 Å². The first-order chi connectivity index (χ1) is 5.72. The molecule has 0 fully saturated rings. The van der Waals surface area contributed by atoms with Crippen LogP contribution in [0, 0.1) is 0 Å². The van der Waals surface area contributed by atoms with Crippen LogP contribution in [-0.2, 0) is 14.0 Å². The minimum atomic E-state index is -0.655. The van der Waals surface area contributed by atoms with E-state index in [9.17, 15) is 4.79 Å². The van der Waals surface area contributed by atoms with Crippen molar-refractivity contribution in [2.75, 3.05) is 13.7 Å². The highest BCUT2D eigenvalue weighted by Crippen LogP contribution is 1.96. The van der Waals surface area contributed by atoms with Crippen molar-refractivity contribution in [3.05, 3.63) is 11.3 Å². The maximum absolute atomic E-state index is 11.1. The van der Waals surface area contributed by atoms with Crippen molar-refractivity contribution in [3.63, 3.8) is 0 Å². The van der Waals surface area contributed by atoms with Crippen LogP contribution >= 0.6 is 0 Å². The maximum atomic E-state index is 11.1. The van der Waals surface area contributed by atoms with Crippen LogP contribution in [0.25, 0.3) is 0 Å². The lowest BCUT2D eigenvalue weighted by Crippen LogP contribution is -2.07. The maximum Gasteiger partial charge on any atom is 0.333 e. The minimum Gasteiger partial charge on any atom is -0.462 e. The predicted octanol–water partition coefficient (Wildman–Crippen LogP) is 0.574. The lowest BCUT2D eigenvalue weighted by molar-refractivity contribution is -0.138. The van der Waals surface area contributed by atoms with Gasteiger partial charge >= 0.3 is 5.97 Å². The van der Waals surface area contributed by atoms with Gasteiger partial charge in [0, 0.05) is 12.7 Å². The summed E-state index contributed by atoms with van der Waals surface area (Å²) >= 11 is 0. The Morgan fingerprint density at radius 3 is 2.75 bits per heavy atom. The SMILES string of the molecule is CCCOC(=O)C(C)=C[SiH2]OC. The van der Waals surface area contributed by atoms with Gasteiger partial charge in [0.15, 0.2) is 9.76 Å². The smallest absolute Gasteiger partial charge is 0.333 e. The van der Waals surface area contributed by atoms with E-state index in [1.54, 1.807) is 14.0 Å². The Kier molecular flexibility index (Phi) is 6.70. The number of ether oxygens (including phenoxy) is 1. The molecule has 0 N–H and O–H groups in total. The molecule has 0 spiro atoms. The first kappa shape index (κ1) is 11.4. The average molecular weight is 188 g/mol. The fourth-order valence-corrected chi connectivity index (χ4v) is 1.18. The van der Waals surface area contributed by atoms with E-state index in [1.165, 1.54) is 0 Å². The van der Waals surface area contributed by atoms with Crippen molar-refractivity contribution in [1.29, 1.82) is 0 Å². The van der Waals surface area contributed by atoms with Gasteiger partial charge in [-0.3, -0.25) is 0 Å². The van der Waals surface area contributed by atoms with Crippen LogP contribution < -0.4 is 0 Å². The lowest BCUT2D eigenvalue weighted by Gasteiger charge is -2.01. The summed E-state index contributed by atoms with van der Waals surface area (Å²) in [6.45, 7) is 4.22. The van der Waals surface area contributed by atoms with Gasteiger partial charge in [-0.2, -0.15) is 0 Å². The van der Waals surface area contributed by atoms with Gasteiger partial charge in [-0.05, 0) is 13.3 Å². The summed E-state index contributed by atoms with van der Waals surface area (Å²) in [7, 11) is 0.992. The average Bonchev–Trinajstić information content (AvgIpc) is 2.10. The first-order valence-electron chi connectivity index (χ1n) is 4.05. The Morgan fingerprint density at radius 2 is 2.25 bits per heavy atom. The van der Waals surface area contributed by atoms with E-state index in [1.807, 2.05) is 12.6 Å². The van der Waals surface area contributed by atoms with Gasteiger partial charge < -0.3 is 9.16 Å². The van der Waals surface area contributed by atoms with Crippen molar-refractivity contribution >= 4 is 15.7 Å². The fourth-order valence-electron chi connectivity index (χ4n) is 0.600. The molecule has 0 bridgehead atoms. The molecule has 0 saturated heterocycles. The Labute approximate surface area is 75.7 Å².